The summed E-state index contributed by atoms with van der Waals surface area (Å²) < 4.78 is 20.6. The van der Waals surface area contributed by atoms with E-state index in [9.17, 15) is 4.79 Å². The highest BCUT2D eigenvalue weighted by molar-refractivity contribution is 6.32. The lowest BCUT2D eigenvalue weighted by molar-refractivity contribution is -0.122. The smallest absolute Gasteiger partial charge is 0.262 e. The first-order chi connectivity index (χ1) is 13.4. The average Bonchev–Trinajstić information content (AvgIpc) is 2.69. The van der Waals surface area contributed by atoms with Crippen LogP contribution < -0.4 is 15.5 Å². The van der Waals surface area contributed by atoms with Gasteiger partial charge in [-0.3, -0.25) is 4.79 Å². The number of halogens is 2. The Morgan fingerprint density at radius 3 is 2.54 bits per heavy atom. The Balaban J connectivity index is 1.91. The molecular formula is C19H13ClFN5O2. The highest BCUT2D eigenvalue weighted by Crippen LogP contribution is 2.35. The van der Waals surface area contributed by atoms with Gasteiger partial charge in [0.2, 0.25) is 0 Å². The number of rotatable bonds is 4. The molecule has 1 aliphatic heterocycles. The summed E-state index contributed by atoms with van der Waals surface area (Å²) in [4.78, 5) is 11.4. The van der Waals surface area contributed by atoms with E-state index < -0.39 is 11.9 Å². The Hall–Kier alpha value is -3.62. The second-order valence-corrected chi connectivity index (χ2v) is 6.41. The highest BCUT2D eigenvalue weighted by atomic mass is 35.5. The van der Waals surface area contributed by atoms with Crippen molar-refractivity contribution in [1.29, 1.82) is 10.5 Å². The van der Waals surface area contributed by atoms with Gasteiger partial charge in [0, 0.05) is 6.42 Å². The summed E-state index contributed by atoms with van der Waals surface area (Å²) in [6, 6.07) is 10.5. The molecule has 0 bridgehead atoms. The molecule has 7 nitrogen and oxygen atoms in total. The summed E-state index contributed by atoms with van der Waals surface area (Å²) in [6.07, 6.45) is 0.0751. The number of hydrogen-bond acceptors (Lipinski definition) is 6. The van der Waals surface area contributed by atoms with Gasteiger partial charge in [0.1, 0.15) is 17.6 Å². The van der Waals surface area contributed by atoms with Crippen LogP contribution in [0.3, 0.4) is 0 Å². The number of carbonyl (C=O) groups excluding carboxylic acids is 1. The summed E-state index contributed by atoms with van der Waals surface area (Å²) in [5.41, 5.74) is 3.00. The molecule has 0 radical (unpaired) electrons. The summed E-state index contributed by atoms with van der Waals surface area (Å²) >= 11 is 6.09. The predicted molar refractivity (Wildman–Crippen MR) is 99.2 cm³/mol. The van der Waals surface area contributed by atoms with Crippen molar-refractivity contribution < 1.29 is 13.9 Å². The molecule has 9 heteroatoms. The van der Waals surface area contributed by atoms with Crippen molar-refractivity contribution in [2.45, 2.75) is 19.4 Å². The number of nitrogens with zero attached hydrogens (tertiary/aromatic N) is 3. The molecule has 0 saturated carbocycles. The first-order valence-electron chi connectivity index (χ1n) is 8.14. The fraction of sp³-hybridized carbons (Fsp3) is 0.158. The number of amidine groups is 1. The molecular weight excluding hydrogens is 385 g/mol. The van der Waals surface area contributed by atoms with Crippen LogP contribution in [0, 0.1) is 28.5 Å². The number of nitriles is 2. The third-order valence-corrected chi connectivity index (χ3v) is 4.25. The number of ether oxygens (including phenoxy) is 1. The number of hydrazone groups is 1. The first-order valence-corrected chi connectivity index (χ1v) is 8.52. The van der Waals surface area contributed by atoms with Crippen LogP contribution in [-0.4, -0.2) is 17.8 Å². The maximum atomic E-state index is 15.0. The van der Waals surface area contributed by atoms with E-state index in [4.69, 9.17) is 26.9 Å². The second-order valence-electron chi connectivity index (χ2n) is 6.00. The second kappa shape index (κ2) is 7.95. The average molecular weight is 398 g/mol. The molecule has 2 aromatic rings. The van der Waals surface area contributed by atoms with Crippen molar-refractivity contribution in [3.8, 4) is 23.6 Å². The van der Waals surface area contributed by atoms with Gasteiger partial charge in [-0.2, -0.15) is 15.6 Å². The Labute approximate surface area is 165 Å². The van der Waals surface area contributed by atoms with E-state index in [0.717, 1.165) is 0 Å². The third kappa shape index (κ3) is 4.03. The highest BCUT2D eigenvalue weighted by Gasteiger charge is 2.22. The zero-order valence-electron chi connectivity index (χ0n) is 14.6. The lowest BCUT2D eigenvalue weighted by Gasteiger charge is -2.21. The number of nitrogens with one attached hydrogen (secondary N) is 2. The van der Waals surface area contributed by atoms with Crippen LogP contribution >= 0.6 is 11.6 Å². The first kappa shape index (κ1) is 19.2. The van der Waals surface area contributed by atoms with E-state index in [2.05, 4.69) is 15.8 Å². The third-order valence-electron chi connectivity index (χ3n) is 3.95. The van der Waals surface area contributed by atoms with Gasteiger partial charge >= 0.3 is 0 Å². The molecule has 0 spiro atoms. The van der Waals surface area contributed by atoms with Crippen molar-refractivity contribution in [1.82, 2.24) is 10.7 Å². The van der Waals surface area contributed by atoms with Gasteiger partial charge in [-0.25, -0.2) is 9.82 Å². The van der Waals surface area contributed by atoms with Crippen LogP contribution in [0.5, 0.6) is 11.5 Å². The molecule has 28 heavy (non-hydrogen) atoms. The van der Waals surface area contributed by atoms with Gasteiger partial charge in [0.15, 0.2) is 11.6 Å². The van der Waals surface area contributed by atoms with Crippen LogP contribution in [0.15, 0.2) is 35.4 Å². The van der Waals surface area contributed by atoms with Gasteiger partial charge in [0.25, 0.3) is 5.91 Å². The van der Waals surface area contributed by atoms with Crippen LogP contribution in [0.1, 0.15) is 23.6 Å². The van der Waals surface area contributed by atoms with Crippen molar-refractivity contribution in [2.75, 3.05) is 0 Å². The predicted octanol–water partition coefficient (Wildman–Crippen LogP) is 2.98. The quantitative estimate of drug-likeness (QED) is 0.824. The Morgan fingerprint density at radius 2 is 1.93 bits per heavy atom. The van der Waals surface area contributed by atoms with Crippen LogP contribution in [-0.2, 0) is 11.2 Å². The van der Waals surface area contributed by atoms with Crippen LogP contribution in [0.2, 0.25) is 5.02 Å². The zero-order valence-corrected chi connectivity index (χ0v) is 15.3. The standard InChI is InChI=1S/C19H13ClFN5O2/c1-10-19(27)26-25-16(24-10)7-13-2-3-15(20)18(17(13)21)28-14-5-11(8-22)4-12(6-14)9-23/h2-6,10H,7H2,1H3,(H,24,25)(H,26,27). The molecule has 1 aliphatic rings. The van der Waals surface area contributed by atoms with Crippen molar-refractivity contribution in [3.63, 3.8) is 0 Å². The number of benzene rings is 2. The van der Waals surface area contributed by atoms with Crippen molar-refractivity contribution in [2.24, 2.45) is 5.10 Å². The molecule has 3 rings (SSSR count). The molecule has 1 atom stereocenters. The van der Waals surface area contributed by atoms with Gasteiger partial charge in [-0.15, -0.1) is 0 Å². The maximum absolute atomic E-state index is 15.0. The largest absolute Gasteiger partial charge is 0.453 e. The number of carbonyl (C=O) groups is 1. The molecule has 2 N–H and O–H groups in total. The SMILES string of the molecule is CC1NC(Cc2ccc(Cl)c(Oc3cc(C#N)cc(C#N)c3)c2F)=NNC1=O. The van der Waals surface area contributed by atoms with Crippen LogP contribution in [0.4, 0.5) is 4.39 Å². The van der Waals surface area contributed by atoms with E-state index in [-0.39, 0.29) is 45.5 Å². The number of hydrogen-bond donors (Lipinski definition) is 2. The molecule has 1 heterocycles. The minimum absolute atomic E-state index is 0.0299. The normalized spacial score (nSPS) is 15.5. The van der Waals surface area contributed by atoms with E-state index in [1.807, 2.05) is 12.1 Å². The van der Waals surface area contributed by atoms with Gasteiger partial charge < -0.3 is 10.1 Å². The summed E-state index contributed by atoms with van der Waals surface area (Å²) in [7, 11) is 0. The van der Waals surface area contributed by atoms with Gasteiger partial charge in [-0.05, 0) is 36.8 Å². The molecule has 140 valence electrons. The van der Waals surface area contributed by atoms with E-state index in [1.165, 1.54) is 30.3 Å². The summed E-state index contributed by atoms with van der Waals surface area (Å²) in [6.45, 7) is 1.66. The van der Waals surface area contributed by atoms with Crippen molar-refractivity contribution in [3.05, 3.63) is 57.9 Å². The van der Waals surface area contributed by atoms with E-state index in [0.29, 0.717) is 5.84 Å². The van der Waals surface area contributed by atoms with Gasteiger partial charge in [-0.1, -0.05) is 17.7 Å². The Bertz CT molecular complexity index is 1040. The fourth-order valence-corrected chi connectivity index (χ4v) is 2.73. The molecule has 0 fully saturated rings. The molecule has 0 saturated heterocycles. The molecule has 2 aromatic carbocycles. The molecule has 1 unspecified atom stereocenters. The van der Waals surface area contributed by atoms with Gasteiger partial charge in [0.05, 0.1) is 28.3 Å². The molecule has 0 aliphatic carbocycles. The minimum atomic E-state index is -0.706. The van der Waals surface area contributed by atoms with Crippen molar-refractivity contribution >= 4 is 23.3 Å². The number of amides is 1. The molecule has 1 amide bonds. The Morgan fingerprint density at radius 1 is 1.25 bits per heavy atom. The Kier molecular flexibility index (Phi) is 5.44. The van der Waals surface area contributed by atoms with E-state index in [1.54, 1.807) is 6.92 Å². The minimum Gasteiger partial charge on any atom is -0.453 e. The summed E-state index contributed by atoms with van der Waals surface area (Å²) in [5.74, 6) is -0.718. The zero-order chi connectivity index (χ0) is 20.3. The lowest BCUT2D eigenvalue weighted by atomic mass is 10.1. The maximum Gasteiger partial charge on any atom is 0.262 e. The van der Waals surface area contributed by atoms with E-state index >= 15 is 4.39 Å². The fourth-order valence-electron chi connectivity index (χ4n) is 2.55. The topological polar surface area (TPSA) is 110 Å². The summed E-state index contributed by atoms with van der Waals surface area (Å²) in [5, 5.41) is 24.9. The molecule has 0 aromatic heterocycles. The van der Waals surface area contributed by atoms with Crippen LogP contribution in [0.25, 0.3) is 0 Å². The monoisotopic (exact) mass is 397 g/mol. The lowest BCUT2D eigenvalue weighted by Crippen LogP contribution is -2.49.